The van der Waals surface area contributed by atoms with Gasteiger partial charge in [0.1, 0.15) is 5.56 Å². The molecular weight excluding hydrogens is 324 g/mol. The van der Waals surface area contributed by atoms with Gasteiger partial charge in [-0.15, -0.1) is 0 Å². The van der Waals surface area contributed by atoms with Gasteiger partial charge >= 0.3 is 11.9 Å². The van der Waals surface area contributed by atoms with Gasteiger partial charge in [0.25, 0.3) is 0 Å². The standard InChI is InChI=1S/C14H12N2O6S/c15-8-6-9(23(21,22)7-4-2-1-3-5-7)10(13(17)18)11(12(8)16)14(19)20/h1-6H,15-16H2,(H,17,18)(H,19,20). The molecule has 0 spiro atoms. The summed E-state index contributed by atoms with van der Waals surface area (Å²) in [7, 11) is -4.29. The van der Waals surface area contributed by atoms with Crippen LogP contribution in [0.3, 0.4) is 0 Å². The van der Waals surface area contributed by atoms with Crippen LogP contribution >= 0.6 is 0 Å². The van der Waals surface area contributed by atoms with E-state index in [9.17, 15) is 28.2 Å². The summed E-state index contributed by atoms with van der Waals surface area (Å²) < 4.78 is 25.3. The lowest BCUT2D eigenvalue weighted by Gasteiger charge is -2.14. The van der Waals surface area contributed by atoms with Crippen molar-refractivity contribution in [1.82, 2.24) is 0 Å². The molecule has 0 fully saturated rings. The predicted molar refractivity (Wildman–Crippen MR) is 81.1 cm³/mol. The normalized spacial score (nSPS) is 11.1. The van der Waals surface area contributed by atoms with Crippen LogP contribution in [0.4, 0.5) is 11.4 Å². The maximum atomic E-state index is 12.6. The number of aromatic carboxylic acids is 2. The molecular formula is C14H12N2O6S. The largest absolute Gasteiger partial charge is 0.478 e. The minimum Gasteiger partial charge on any atom is -0.478 e. The first-order valence-electron chi connectivity index (χ1n) is 6.16. The van der Waals surface area contributed by atoms with E-state index in [0.717, 1.165) is 6.07 Å². The number of anilines is 2. The first-order valence-corrected chi connectivity index (χ1v) is 7.65. The molecule has 0 saturated heterocycles. The van der Waals surface area contributed by atoms with Crippen LogP contribution in [0.1, 0.15) is 20.7 Å². The molecule has 0 aliphatic rings. The van der Waals surface area contributed by atoms with Gasteiger partial charge in [0, 0.05) is 0 Å². The van der Waals surface area contributed by atoms with Crippen LogP contribution in [-0.4, -0.2) is 30.6 Å². The van der Waals surface area contributed by atoms with Crippen LogP contribution in [0.2, 0.25) is 0 Å². The lowest BCUT2D eigenvalue weighted by molar-refractivity contribution is 0.0649. The van der Waals surface area contributed by atoms with E-state index in [1.165, 1.54) is 24.3 Å². The third kappa shape index (κ3) is 2.69. The minimum atomic E-state index is -4.29. The molecule has 2 rings (SSSR count). The van der Waals surface area contributed by atoms with Gasteiger partial charge in [-0.3, -0.25) is 0 Å². The molecule has 120 valence electrons. The Hall–Kier alpha value is -3.07. The fourth-order valence-electron chi connectivity index (χ4n) is 2.07. The SMILES string of the molecule is Nc1cc(S(=O)(=O)c2ccccc2)c(C(=O)O)c(C(=O)O)c1N. The molecule has 2 aromatic carbocycles. The molecule has 2 aromatic rings. The number of carboxylic acids is 2. The van der Waals surface area contributed by atoms with E-state index >= 15 is 0 Å². The quantitative estimate of drug-likeness (QED) is 0.603. The average molecular weight is 336 g/mol. The Morgan fingerprint density at radius 1 is 0.913 bits per heavy atom. The Bertz CT molecular complexity index is 907. The van der Waals surface area contributed by atoms with Crippen molar-refractivity contribution in [1.29, 1.82) is 0 Å². The fourth-order valence-corrected chi connectivity index (χ4v) is 3.58. The summed E-state index contributed by atoms with van der Waals surface area (Å²) in [6, 6.07) is 7.85. The summed E-state index contributed by atoms with van der Waals surface area (Å²) >= 11 is 0. The van der Waals surface area contributed by atoms with Crippen LogP contribution in [0.15, 0.2) is 46.2 Å². The molecule has 8 nitrogen and oxygen atoms in total. The summed E-state index contributed by atoms with van der Waals surface area (Å²) in [5.74, 6) is -3.42. The Labute approximate surface area is 130 Å². The molecule has 9 heteroatoms. The van der Waals surface area contributed by atoms with E-state index in [1.807, 2.05) is 0 Å². The molecule has 0 amide bonds. The fraction of sp³-hybridized carbons (Fsp3) is 0. The van der Waals surface area contributed by atoms with Crippen LogP contribution in [-0.2, 0) is 9.84 Å². The van der Waals surface area contributed by atoms with Gasteiger partial charge in [-0.1, -0.05) is 18.2 Å². The molecule has 0 bridgehead atoms. The summed E-state index contributed by atoms with van der Waals surface area (Å²) in [4.78, 5) is 21.9. The highest BCUT2D eigenvalue weighted by Gasteiger charge is 2.32. The van der Waals surface area contributed by atoms with Crippen molar-refractivity contribution >= 4 is 33.2 Å². The summed E-state index contributed by atoms with van der Waals surface area (Å²) in [6.45, 7) is 0. The number of carbonyl (C=O) groups is 2. The number of carboxylic acid groups (broad SMARTS) is 2. The lowest BCUT2D eigenvalue weighted by atomic mass is 10.0. The van der Waals surface area contributed by atoms with E-state index in [4.69, 9.17) is 11.5 Å². The molecule has 0 aliphatic carbocycles. The van der Waals surface area contributed by atoms with Gasteiger partial charge in [0.15, 0.2) is 0 Å². The number of hydrogen-bond donors (Lipinski definition) is 4. The molecule has 6 N–H and O–H groups in total. The Morgan fingerprint density at radius 3 is 1.91 bits per heavy atom. The highest BCUT2D eigenvalue weighted by atomic mass is 32.2. The second-order valence-corrected chi connectivity index (χ2v) is 6.47. The second kappa shape index (κ2) is 5.61. The zero-order chi connectivity index (χ0) is 17.4. The zero-order valence-corrected chi connectivity index (χ0v) is 12.4. The molecule has 0 aromatic heterocycles. The van der Waals surface area contributed by atoms with E-state index < -0.39 is 43.5 Å². The highest BCUT2D eigenvalue weighted by molar-refractivity contribution is 7.91. The van der Waals surface area contributed by atoms with E-state index in [-0.39, 0.29) is 10.6 Å². The monoisotopic (exact) mass is 336 g/mol. The van der Waals surface area contributed by atoms with Crippen LogP contribution in [0, 0.1) is 0 Å². The smallest absolute Gasteiger partial charge is 0.338 e. The summed E-state index contributed by atoms with van der Waals surface area (Å²) in [5.41, 5.74) is 8.46. The number of nitrogen functional groups attached to an aromatic ring is 2. The van der Waals surface area contributed by atoms with Crippen LogP contribution < -0.4 is 11.5 Å². The molecule has 0 saturated carbocycles. The molecule has 0 radical (unpaired) electrons. The second-order valence-electron chi connectivity index (χ2n) is 4.55. The lowest BCUT2D eigenvalue weighted by Crippen LogP contribution is -2.18. The molecule has 0 atom stereocenters. The Balaban J connectivity index is 2.93. The van der Waals surface area contributed by atoms with E-state index in [1.54, 1.807) is 6.07 Å². The Kier molecular flexibility index (Phi) is 3.98. The third-order valence-electron chi connectivity index (χ3n) is 3.13. The molecule has 0 aliphatic heterocycles. The topological polar surface area (TPSA) is 161 Å². The van der Waals surface area contributed by atoms with Crippen molar-refractivity contribution in [2.75, 3.05) is 11.5 Å². The number of rotatable bonds is 4. The van der Waals surface area contributed by atoms with Gasteiger partial charge in [0.2, 0.25) is 9.84 Å². The molecule has 23 heavy (non-hydrogen) atoms. The predicted octanol–water partition coefficient (Wildman–Crippen LogP) is 1.08. The highest BCUT2D eigenvalue weighted by Crippen LogP contribution is 2.33. The van der Waals surface area contributed by atoms with E-state index in [0.29, 0.717) is 0 Å². The van der Waals surface area contributed by atoms with Crippen molar-refractivity contribution in [3.8, 4) is 0 Å². The number of benzene rings is 2. The van der Waals surface area contributed by atoms with Crippen molar-refractivity contribution in [2.24, 2.45) is 0 Å². The Morgan fingerprint density at radius 2 is 1.43 bits per heavy atom. The first kappa shape index (κ1) is 16.3. The van der Waals surface area contributed by atoms with Gasteiger partial charge in [-0.05, 0) is 18.2 Å². The van der Waals surface area contributed by atoms with Crippen molar-refractivity contribution in [3.63, 3.8) is 0 Å². The maximum Gasteiger partial charge on any atom is 0.338 e. The summed E-state index contributed by atoms with van der Waals surface area (Å²) in [5, 5.41) is 18.5. The number of hydrogen-bond acceptors (Lipinski definition) is 6. The zero-order valence-electron chi connectivity index (χ0n) is 11.6. The number of sulfone groups is 1. The van der Waals surface area contributed by atoms with Gasteiger partial charge in [-0.25, -0.2) is 18.0 Å². The third-order valence-corrected chi connectivity index (χ3v) is 4.93. The van der Waals surface area contributed by atoms with Crippen LogP contribution in [0.5, 0.6) is 0 Å². The average Bonchev–Trinajstić information content (AvgIpc) is 2.49. The van der Waals surface area contributed by atoms with Crippen molar-refractivity contribution in [3.05, 3.63) is 47.5 Å². The van der Waals surface area contributed by atoms with Gasteiger partial charge < -0.3 is 21.7 Å². The van der Waals surface area contributed by atoms with Crippen molar-refractivity contribution < 1.29 is 28.2 Å². The molecule has 0 heterocycles. The van der Waals surface area contributed by atoms with Crippen molar-refractivity contribution in [2.45, 2.75) is 9.79 Å². The minimum absolute atomic E-state index is 0.192. The maximum absolute atomic E-state index is 12.6. The molecule has 0 unspecified atom stereocenters. The summed E-state index contributed by atoms with van der Waals surface area (Å²) in [6.07, 6.45) is 0. The number of nitrogens with two attached hydrogens (primary N) is 2. The first-order chi connectivity index (χ1) is 10.7. The van der Waals surface area contributed by atoms with Gasteiger partial charge in [-0.2, -0.15) is 0 Å². The van der Waals surface area contributed by atoms with Gasteiger partial charge in [0.05, 0.1) is 26.7 Å². The van der Waals surface area contributed by atoms with E-state index in [2.05, 4.69) is 0 Å². The van der Waals surface area contributed by atoms with Crippen LogP contribution in [0.25, 0.3) is 0 Å².